The van der Waals surface area contributed by atoms with Gasteiger partial charge < -0.3 is 14.2 Å². The van der Waals surface area contributed by atoms with Crippen molar-refractivity contribution in [3.63, 3.8) is 0 Å². The lowest BCUT2D eigenvalue weighted by molar-refractivity contribution is -0.427. The van der Waals surface area contributed by atoms with Crippen LogP contribution < -0.4 is 0 Å². The molecule has 138 valence electrons. The van der Waals surface area contributed by atoms with Gasteiger partial charge in [-0.1, -0.05) is 6.58 Å². The van der Waals surface area contributed by atoms with Crippen LogP contribution in [0.5, 0.6) is 0 Å². The number of carbonyl (C=O) groups is 2. The van der Waals surface area contributed by atoms with Crippen molar-refractivity contribution >= 4 is 11.9 Å². The van der Waals surface area contributed by atoms with Crippen molar-refractivity contribution in [1.82, 2.24) is 0 Å². The van der Waals surface area contributed by atoms with E-state index in [-0.39, 0.29) is 0 Å². The van der Waals surface area contributed by atoms with Gasteiger partial charge in [-0.05, 0) is 0 Å². The maximum Gasteiger partial charge on any atom is 0.455 e. The summed E-state index contributed by atoms with van der Waals surface area (Å²) in [6.45, 7) is 1.49. The highest BCUT2D eigenvalue weighted by Gasteiger charge is 2.62. The maximum absolute atomic E-state index is 13.1. The van der Waals surface area contributed by atoms with Gasteiger partial charge in [-0.15, -0.1) is 0 Å². The first kappa shape index (κ1) is 20.2. The third-order valence-corrected chi connectivity index (χ3v) is 2.74. The molecular formula is C12H12F6O6. The Kier molecular flexibility index (Phi) is 5.87. The van der Waals surface area contributed by atoms with Crippen molar-refractivity contribution in [2.75, 3.05) is 13.2 Å². The number of hydrogen-bond donors (Lipinski definition) is 0. The van der Waals surface area contributed by atoms with Gasteiger partial charge in [0.25, 0.3) is 0 Å². The molecule has 0 aliphatic carbocycles. The molecular weight excluding hydrogens is 354 g/mol. The van der Waals surface area contributed by atoms with E-state index in [1.54, 1.807) is 0 Å². The largest absolute Gasteiger partial charge is 0.457 e. The van der Waals surface area contributed by atoms with Gasteiger partial charge in [0.05, 0.1) is 6.61 Å². The summed E-state index contributed by atoms with van der Waals surface area (Å²) in [7, 11) is 0. The predicted octanol–water partition coefficient (Wildman–Crippen LogP) is 2.23. The molecule has 1 aliphatic heterocycles. The van der Waals surface area contributed by atoms with E-state index in [0.717, 1.165) is 0 Å². The van der Waals surface area contributed by atoms with E-state index in [4.69, 9.17) is 4.74 Å². The van der Waals surface area contributed by atoms with Crippen molar-refractivity contribution in [2.24, 2.45) is 0 Å². The zero-order valence-corrected chi connectivity index (χ0v) is 12.1. The number of rotatable bonds is 4. The fourth-order valence-corrected chi connectivity index (χ4v) is 1.63. The molecule has 2 unspecified atom stereocenters. The number of hydrogen-bond acceptors (Lipinski definition) is 6. The highest BCUT2D eigenvalue weighted by molar-refractivity contribution is 5.89. The first-order chi connectivity index (χ1) is 10.8. The molecule has 0 saturated carbocycles. The molecule has 2 atom stereocenters. The molecule has 0 aromatic rings. The Hall–Kier alpha value is -1.82. The molecule has 1 heterocycles. The lowest BCUT2D eigenvalue weighted by atomic mass is 10.1. The Bertz CT molecular complexity index is 513. The number of alkyl halides is 6. The monoisotopic (exact) mass is 366 g/mol. The Morgan fingerprint density at radius 1 is 1.25 bits per heavy atom. The Labute approximate surface area is 131 Å². The standard InChI is InChI=1S/C12H12F6O6/c1-6(11(13,14)15)9(20)22-5-8-21-4-3-10(24-8,12(16,17)18)23-7(2)19/h8H,1,3-5H2,2H3. The lowest BCUT2D eigenvalue weighted by Gasteiger charge is -2.40. The molecule has 24 heavy (non-hydrogen) atoms. The van der Waals surface area contributed by atoms with Crippen molar-refractivity contribution in [3.8, 4) is 0 Å². The van der Waals surface area contributed by atoms with Gasteiger partial charge in [0.2, 0.25) is 0 Å². The summed E-state index contributed by atoms with van der Waals surface area (Å²) in [5, 5.41) is 0. The van der Waals surface area contributed by atoms with Gasteiger partial charge in [-0.3, -0.25) is 9.53 Å². The quantitative estimate of drug-likeness (QED) is 0.432. The molecule has 1 aliphatic rings. The van der Waals surface area contributed by atoms with Crippen LogP contribution in [0.4, 0.5) is 26.3 Å². The van der Waals surface area contributed by atoms with Gasteiger partial charge in [0.15, 0.2) is 6.29 Å². The van der Waals surface area contributed by atoms with E-state index in [0.29, 0.717) is 6.92 Å². The molecule has 6 nitrogen and oxygen atoms in total. The molecule has 12 heteroatoms. The highest BCUT2D eigenvalue weighted by Crippen LogP contribution is 2.41. The molecule has 0 aromatic heterocycles. The summed E-state index contributed by atoms with van der Waals surface area (Å²) in [6, 6.07) is 0. The number of halogens is 6. The van der Waals surface area contributed by atoms with Crippen molar-refractivity contribution in [1.29, 1.82) is 0 Å². The average molecular weight is 366 g/mol. The molecule has 0 N–H and O–H groups in total. The maximum atomic E-state index is 13.1. The van der Waals surface area contributed by atoms with E-state index in [1.807, 2.05) is 0 Å². The van der Waals surface area contributed by atoms with Crippen molar-refractivity contribution in [3.05, 3.63) is 12.2 Å². The second-order valence-electron chi connectivity index (χ2n) is 4.59. The summed E-state index contributed by atoms with van der Waals surface area (Å²) in [5.74, 6) is -6.53. The number of ether oxygens (including phenoxy) is 4. The average Bonchev–Trinajstić information content (AvgIpc) is 2.41. The molecule has 0 radical (unpaired) electrons. The summed E-state index contributed by atoms with van der Waals surface area (Å²) < 4.78 is 93.5. The van der Waals surface area contributed by atoms with Gasteiger partial charge in [-0.2, -0.15) is 26.3 Å². The summed E-state index contributed by atoms with van der Waals surface area (Å²) in [6.07, 6.45) is -13.0. The smallest absolute Gasteiger partial charge is 0.455 e. The predicted molar refractivity (Wildman–Crippen MR) is 62.1 cm³/mol. The van der Waals surface area contributed by atoms with Gasteiger partial charge in [-0.25, -0.2) is 4.79 Å². The van der Waals surface area contributed by atoms with Crippen molar-refractivity contribution < 1.29 is 54.9 Å². The number of esters is 2. The minimum absolute atomic E-state index is 0.602. The zero-order chi connectivity index (χ0) is 18.8. The van der Waals surface area contributed by atoms with Crippen LogP contribution in [0.3, 0.4) is 0 Å². The minimum Gasteiger partial charge on any atom is -0.457 e. The van der Waals surface area contributed by atoms with Gasteiger partial charge >= 0.3 is 30.1 Å². The second kappa shape index (κ2) is 6.97. The van der Waals surface area contributed by atoms with Gasteiger partial charge in [0, 0.05) is 13.3 Å². The zero-order valence-electron chi connectivity index (χ0n) is 12.1. The van der Waals surface area contributed by atoms with Crippen LogP contribution in [0, 0.1) is 0 Å². The fraction of sp³-hybridized carbons (Fsp3) is 0.667. The van der Waals surface area contributed by atoms with Crippen molar-refractivity contribution in [2.45, 2.75) is 37.8 Å². The molecule has 1 saturated heterocycles. The lowest BCUT2D eigenvalue weighted by Crippen LogP contribution is -2.57. The molecule has 0 aromatic carbocycles. The van der Waals surface area contributed by atoms with E-state index < -0.39 is 61.6 Å². The van der Waals surface area contributed by atoms with E-state index in [1.165, 1.54) is 0 Å². The van der Waals surface area contributed by atoms with Gasteiger partial charge in [0.1, 0.15) is 12.2 Å². The summed E-state index contributed by atoms with van der Waals surface area (Å²) in [5.41, 5.74) is -1.85. The third kappa shape index (κ3) is 4.84. The molecule has 0 bridgehead atoms. The SMILES string of the molecule is C=C(C(=O)OCC1OCCC(OC(C)=O)(C(F)(F)F)O1)C(F)(F)F. The summed E-state index contributed by atoms with van der Waals surface area (Å²) >= 11 is 0. The van der Waals surface area contributed by atoms with E-state index >= 15 is 0 Å². The molecule has 0 amide bonds. The molecule has 0 spiro atoms. The van der Waals surface area contributed by atoms with Crippen LogP contribution >= 0.6 is 0 Å². The molecule has 1 rings (SSSR count). The van der Waals surface area contributed by atoms with Crippen LogP contribution in [-0.2, 0) is 28.5 Å². The first-order valence-electron chi connectivity index (χ1n) is 6.27. The van der Waals surface area contributed by atoms with E-state index in [2.05, 4.69) is 20.8 Å². The normalized spacial score (nSPS) is 25.0. The minimum atomic E-state index is -5.14. The Morgan fingerprint density at radius 2 is 1.83 bits per heavy atom. The summed E-state index contributed by atoms with van der Waals surface area (Å²) in [4.78, 5) is 22.0. The fourth-order valence-electron chi connectivity index (χ4n) is 1.63. The van der Waals surface area contributed by atoms with Crippen LogP contribution in [0.15, 0.2) is 12.2 Å². The third-order valence-electron chi connectivity index (χ3n) is 2.74. The van der Waals surface area contributed by atoms with Crippen LogP contribution in [0.1, 0.15) is 13.3 Å². The Morgan fingerprint density at radius 3 is 2.29 bits per heavy atom. The van der Waals surface area contributed by atoms with E-state index in [9.17, 15) is 35.9 Å². The van der Waals surface area contributed by atoms with Crippen LogP contribution in [-0.4, -0.2) is 49.6 Å². The second-order valence-corrected chi connectivity index (χ2v) is 4.59. The Balaban J connectivity index is 2.76. The van der Waals surface area contributed by atoms with Crippen LogP contribution in [0.25, 0.3) is 0 Å². The highest BCUT2D eigenvalue weighted by atomic mass is 19.4. The van der Waals surface area contributed by atoms with Crippen LogP contribution in [0.2, 0.25) is 0 Å². The first-order valence-corrected chi connectivity index (χ1v) is 6.27. The topological polar surface area (TPSA) is 71.1 Å². The molecule has 1 fully saturated rings. The number of carbonyl (C=O) groups excluding carboxylic acids is 2.